The predicted octanol–water partition coefficient (Wildman–Crippen LogP) is 4.95. The summed E-state index contributed by atoms with van der Waals surface area (Å²) in [5.74, 6) is 1.55. The van der Waals surface area contributed by atoms with Gasteiger partial charge in [-0.1, -0.05) is 49.0 Å². The van der Waals surface area contributed by atoms with E-state index in [1.807, 2.05) is 12.1 Å². The van der Waals surface area contributed by atoms with Crippen LogP contribution in [0.4, 0.5) is 0 Å². The van der Waals surface area contributed by atoms with Gasteiger partial charge in [0.1, 0.15) is 0 Å². The molecule has 1 nitrogen and oxygen atoms in total. The van der Waals surface area contributed by atoms with Crippen LogP contribution in [0.15, 0.2) is 18.2 Å². The van der Waals surface area contributed by atoms with Crippen molar-refractivity contribution in [3.63, 3.8) is 0 Å². The SMILES string of the molecule is CCNCC1CCCCC1Cc1ccc(Cl)cc1Cl. The van der Waals surface area contributed by atoms with E-state index in [1.165, 1.54) is 31.2 Å². The molecule has 1 aromatic carbocycles. The molecule has 0 amide bonds. The predicted molar refractivity (Wildman–Crippen MR) is 84.2 cm³/mol. The van der Waals surface area contributed by atoms with Gasteiger partial charge in [0.05, 0.1) is 0 Å². The van der Waals surface area contributed by atoms with Gasteiger partial charge in [0.2, 0.25) is 0 Å². The molecule has 2 atom stereocenters. The quantitative estimate of drug-likeness (QED) is 0.811. The first-order valence-electron chi connectivity index (χ1n) is 7.35. The third-order valence-electron chi connectivity index (χ3n) is 4.22. The number of hydrogen-bond donors (Lipinski definition) is 1. The minimum Gasteiger partial charge on any atom is -0.317 e. The Balaban J connectivity index is 2.02. The molecule has 0 radical (unpaired) electrons. The highest BCUT2D eigenvalue weighted by molar-refractivity contribution is 6.35. The lowest BCUT2D eigenvalue weighted by atomic mass is 9.76. The van der Waals surface area contributed by atoms with E-state index in [4.69, 9.17) is 23.2 Å². The van der Waals surface area contributed by atoms with E-state index >= 15 is 0 Å². The number of hydrogen-bond acceptors (Lipinski definition) is 1. The maximum Gasteiger partial charge on any atom is 0.0452 e. The first-order chi connectivity index (χ1) is 9.20. The molecule has 0 heterocycles. The highest BCUT2D eigenvalue weighted by atomic mass is 35.5. The lowest BCUT2D eigenvalue weighted by molar-refractivity contribution is 0.229. The van der Waals surface area contributed by atoms with E-state index in [-0.39, 0.29) is 0 Å². The molecule has 0 aliphatic heterocycles. The fourth-order valence-electron chi connectivity index (χ4n) is 3.12. The topological polar surface area (TPSA) is 12.0 Å². The van der Waals surface area contributed by atoms with Gasteiger partial charge < -0.3 is 5.32 Å². The first-order valence-corrected chi connectivity index (χ1v) is 8.11. The number of nitrogens with one attached hydrogen (secondary N) is 1. The molecule has 1 fully saturated rings. The van der Waals surface area contributed by atoms with Crippen LogP contribution in [0.1, 0.15) is 38.2 Å². The van der Waals surface area contributed by atoms with Crippen molar-refractivity contribution in [2.45, 2.75) is 39.0 Å². The Bertz CT molecular complexity index is 406. The van der Waals surface area contributed by atoms with Crippen LogP contribution in [0.3, 0.4) is 0 Å². The number of rotatable bonds is 5. The van der Waals surface area contributed by atoms with Crippen molar-refractivity contribution in [3.8, 4) is 0 Å². The standard InChI is InChI=1S/C16H23Cl2N/c1-2-19-11-14-6-4-3-5-12(14)9-13-7-8-15(17)10-16(13)18/h7-8,10,12,14,19H,2-6,9,11H2,1H3. The van der Waals surface area contributed by atoms with Gasteiger partial charge in [-0.25, -0.2) is 0 Å². The van der Waals surface area contributed by atoms with E-state index < -0.39 is 0 Å². The fraction of sp³-hybridized carbons (Fsp3) is 0.625. The minimum absolute atomic E-state index is 0.724. The van der Waals surface area contributed by atoms with Crippen molar-refractivity contribution >= 4 is 23.2 Å². The summed E-state index contributed by atoms with van der Waals surface area (Å²) in [6, 6.07) is 5.90. The molecule has 3 heteroatoms. The molecule has 1 aliphatic rings. The Kier molecular flexibility index (Phi) is 6.00. The molecule has 106 valence electrons. The van der Waals surface area contributed by atoms with Crippen molar-refractivity contribution in [2.75, 3.05) is 13.1 Å². The Labute approximate surface area is 126 Å². The lowest BCUT2D eigenvalue weighted by Gasteiger charge is -2.32. The second-order valence-electron chi connectivity index (χ2n) is 5.55. The van der Waals surface area contributed by atoms with Crippen molar-refractivity contribution in [2.24, 2.45) is 11.8 Å². The molecule has 2 unspecified atom stereocenters. The number of benzene rings is 1. The molecule has 1 saturated carbocycles. The normalized spacial score (nSPS) is 23.5. The second kappa shape index (κ2) is 7.52. The summed E-state index contributed by atoms with van der Waals surface area (Å²) < 4.78 is 0. The van der Waals surface area contributed by atoms with Crippen molar-refractivity contribution in [1.29, 1.82) is 0 Å². The smallest absolute Gasteiger partial charge is 0.0452 e. The van der Waals surface area contributed by atoms with Gasteiger partial charge in [-0.3, -0.25) is 0 Å². The maximum absolute atomic E-state index is 6.30. The molecule has 19 heavy (non-hydrogen) atoms. The Morgan fingerprint density at radius 3 is 2.58 bits per heavy atom. The maximum atomic E-state index is 6.30. The summed E-state index contributed by atoms with van der Waals surface area (Å²) >= 11 is 12.3. The molecule has 0 spiro atoms. The van der Waals surface area contributed by atoms with Gasteiger partial charge in [0, 0.05) is 10.0 Å². The zero-order valence-electron chi connectivity index (χ0n) is 11.6. The summed E-state index contributed by atoms with van der Waals surface area (Å²) in [5, 5.41) is 5.05. The van der Waals surface area contributed by atoms with Crippen LogP contribution < -0.4 is 5.32 Å². The largest absolute Gasteiger partial charge is 0.317 e. The summed E-state index contributed by atoms with van der Waals surface area (Å²) in [5.41, 5.74) is 1.25. The molecule has 1 N–H and O–H groups in total. The van der Waals surface area contributed by atoms with Crippen LogP contribution in [0.5, 0.6) is 0 Å². The fourth-order valence-corrected chi connectivity index (χ4v) is 3.61. The molecular weight excluding hydrogens is 277 g/mol. The van der Waals surface area contributed by atoms with Crippen molar-refractivity contribution in [3.05, 3.63) is 33.8 Å². The molecular formula is C16H23Cl2N. The van der Waals surface area contributed by atoms with Crippen LogP contribution in [0.2, 0.25) is 10.0 Å². The third-order valence-corrected chi connectivity index (χ3v) is 4.81. The van der Waals surface area contributed by atoms with Gasteiger partial charge >= 0.3 is 0 Å². The molecule has 0 saturated heterocycles. The van der Waals surface area contributed by atoms with E-state index in [2.05, 4.69) is 18.3 Å². The average molecular weight is 300 g/mol. The van der Waals surface area contributed by atoms with E-state index in [1.54, 1.807) is 0 Å². The Morgan fingerprint density at radius 2 is 1.89 bits per heavy atom. The second-order valence-corrected chi connectivity index (χ2v) is 6.40. The highest BCUT2D eigenvalue weighted by Gasteiger charge is 2.25. The molecule has 1 aliphatic carbocycles. The van der Waals surface area contributed by atoms with Crippen molar-refractivity contribution in [1.82, 2.24) is 5.32 Å². The van der Waals surface area contributed by atoms with Crippen molar-refractivity contribution < 1.29 is 0 Å². The third kappa shape index (κ3) is 4.37. The monoisotopic (exact) mass is 299 g/mol. The lowest BCUT2D eigenvalue weighted by Crippen LogP contribution is -2.31. The summed E-state index contributed by atoms with van der Waals surface area (Å²) in [6.45, 7) is 4.38. The van der Waals surface area contributed by atoms with Crippen LogP contribution in [-0.2, 0) is 6.42 Å². The molecule has 0 bridgehead atoms. The molecule has 0 aromatic heterocycles. The Morgan fingerprint density at radius 1 is 1.16 bits per heavy atom. The molecule has 2 rings (SSSR count). The van der Waals surface area contributed by atoms with Gasteiger partial charge in [0.25, 0.3) is 0 Å². The highest BCUT2D eigenvalue weighted by Crippen LogP contribution is 2.34. The van der Waals surface area contributed by atoms with Gasteiger partial charge in [-0.05, 0) is 61.9 Å². The van der Waals surface area contributed by atoms with Gasteiger partial charge in [-0.15, -0.1) is 0 Å². The van der Waals surface area contributed by atoms with Gasteiger partial charge in [0.15, 0.2) is 0 Å². The van der Waals surface area contributed by atoms with E-state index in [0.717, 1.165) is 41.4 Å². The average Bonchev–Trinajstić information content (AvgIpc) is 2.41. The summed E-state index contributed by atoms with van der Waals surface area (Å²) in [7, 11) is 0. The van der Waals surface area contributed by atoms with Crippen LogP contribution in [0.25, 0.3) is 0 Å². The van der Waals surface area contributed by atoms with Crippen LogP contribution >= 0.6 is 23.2 Å². The van der Waals surface area contributed by atoms with Crippen LogP contribution in [-0.4, -0.2) is 13.1 Å². The first kappa shape index (κ1) is 15.2. The van der Waals surface area contributed by atoms with Crippen LogP contribution in [0, 0.1) is 11.8 Å². The summed E-state index contributed by atoms with van der Waals surface area (Å²) in [4.78, 5) is 0. The van der Waals surface area contributed by atoms with E-state index in [9.17, 15) is 0 Å². The number of halogens is 2. The summed E-state index contributed by atoms with van der Waals surface area (Å²) in [6.07, 6.45) is 6.50. The Hall–Kier alpha value is -0.240. The molecule has 1 aromatic rings. The minimum atomic E-state index is 0.724. The zero-order valence-corrected chi connectivity index (χ0v) is 13.1. The van der Waals surface area contributed by atoms with E-state index in [0.29, 0.717) is 0 Å². The zero-order chi connectivity index (χ0) is 13.7. The van der Waals surface area contributed by atoms with Gasteiger partial charge in [-0.2, -0.15) is 0 Å².